The summed E-state index contributed by atoms with van der Waals surface area (Å²) in [6.45, 7) is 4.80. The third-order valence-corrected chi connectivity index (χ3v) is 4.67. The summed E-state index contributed by atoms with van der Waals surface area (Å²) in [5, 5.41) is 12.7. The number of anilines is 1. The molecular formula is C17H24N2O2. The van der Waals surface area contributed by atoms with Crippen molar-refractivity contribution in [2.75, 3.05) is 18.4 Å². The summed E-state index contributed by atoms with van der Waals surface area (Å²) in [6, 6.07) is 8.05. The van der Waals surface area contributed by atoms with Gasteiger partial charge in [0.15, 0.2) is 0 Å². The molecule has 0 spiro atoms. The Bertz CT molecular complexity index is 509. The van der Waals surface area contributed by atoms with Crippen LogP contribution >= 0.6 is 0 Å². The molecule has 21 heavy (non-hydrogen) atoms. The van der Waals surface area contributed by atoms with Gasteiger partial charge in [0.1, 0.15) is 0 Å². The Morgan fingerprint density at radius 3 is 2.67 bits per heavy atom. The zero-order valence-electron chi connectivity index (χ0n) is 12.6. The SMILES string of the molecule is CC1CC1C(=O)Nc1ccccc1CN1CCC(O)CC1. The van der Waals surface area contributed by atoms with E-state index >= 15 is 0 Å². The second-order valence-corrected chi connectivity index (χ2v) is 6.47. The lowest BCUT2D eigenvalue weighted by Gasteiger charge is -2.30. The van der Waals surface area contributed by atoms with Gasteiger partial charge in [0.05, 0.1) is 6.10 Å². The van der Waals surface area contributed by atoms with E-state index < -0.39 is 0 Å². The van der Waals surface area contributed by atoms with Crippen molar-refractivity contribution >= 4 is 11.6 Å². The quantitative estimate of drug-likeness (QED) is 0.893. The predicted molar refractivity (Wildman–Crippen MR) is 82.9 cm³/mol. The molecule has 1 saturated carbocycles. The maximum Gasteiger partial charge on any atom is 0.227 e. The number of nitrogens with zero attached hydrogens (tertiary/aromatic N) is 1. The topological polar surface area (TPSA) is 52.6 Å². The van der Waals surface area contributed by atoms with Gasteiger partial charge < -0.3 is 10.4 Å². The van der Waals surface area contributed by atoms with Gasteiger partial charge in [-0.25, -0.2) is 0 Å². The molecule has 2 fully saturated rings. The molecule has 4 nitrogen and oxygen atoms in total. The van der Waals surface area contributed by atoms with E-state index in [1.165, 1.54) is 0 Å². The van der Waals surface area contributed by atoms with Crippen LogP contribution in [-0.2, 0) is 11.3 Å². The number of carbonyl (C=O) groups is 1. The number of piperidine rings is 1. The van der Waals surface area contributed by atoms with Gasteiger partial charge in [-0.3, -0.25) is 9.69 Å². The molecule has 1 heterocycles. The molecule has 2 unspecified atom stereocenters. The second-order valence-electron chi connectivity index (χ2n) is 6.47. The summed E-state index contributed by atoms with van der Waals surface area (Å²) in [7, 11) is 0. The Morgan fingerprint density at radius 1 is 1.33 bits per heavy atom. The van der Waals surface area contributed by atoms with Crippen LogP contribution in [0.25, 0.3) is 0 Å². The van der Waals surface area contributed by atoms with Gasteiger partial charge in [-0.1, -0.05) is 25.1 Å². The molecule has 2 aliphatic rings. The lowest BCUT2D eigenvalue weighted by atomic mass is 10.1. The van der Waals surface area contributed by atoms with Crippen molar-refractivity contribution < 1.29 is 9.90 Å². The fraction of sp³-hybridized carbons (Fsp3) is 0.588. The Kier molecular flexibility index (Phi) is 4.27. The second kappa shape index (κ2) is 6.16. The number of aliphatic hydroxyl groups is 1. The van der Waals surface area contributed by atoms with E-state index in [0.29, 0.717) is 5.92 Å². The molecule has 1 amide bonds. The van der Waals surface area contributed by atoms with E-state index in [2.05, 4.69) is 23.2 Å². The van der Waals surface area contributed by atoms with Crippen LogP contribution in [0.15, 0.2) is 24.3 Å². The Balaban J connectivity index is 1.63. The zero-order chi connectivity index (χ0) is 14.8. The Labute approximate surface area is 126 Å². The van der Waals surface area contributed by atoms with E-state index in [1.807, 2.05) is 18.2 Å². The maximum atomic E-state index is 12.1. The minimum Gasteiger partial charge on any atom is -0.393 e. The van der Waals surface area contributed by atoms with Gasteiger partial charge in [0.25, 0.3) is 0 Å². The lowest BCUT2D eigenvalue weighted by molar-refractivity contribution is -0.117. The first-order valence-electron chi connectivity index (χ1n) is 7.92. The summed E-state index contributed by atoms with van der Waals surface area (Å²) in [5.41, 5.74) is 2.10. The number of hydrogen-bond acceptors (Lipinski definition) is 3. The van der Waals surface area contributed by atoms with Crippen molar-refractivity contribution in [1.82, 2.24) is 4.90 Å². The zero-order valence-corrected chi connectivity index (χ0v) is 12.6. The molecule has 1 saturated heterocycles. The molecule has 1 aromatic rings. The molecule has 3 rings (SSSR count). The van der Waals surface area contributed by atoms with Gasteiger partial charge in [0.2, 0.25) is 5.91 Å². The van der Waals surface area contributed by atoms with Crippen molar-refractivity contribution in [3.8, 4) is 0 Å². The van der Waals surface area contributed by atoms with Gasteiger partial charge >= 0.3 is 0 Å². The fourth-order valence-electron chi connectivity index (χ4n) is 3.01. The average molecular weight is 288 g/mol. The van der Waals surface area contributed by atoms with E-state index in [4.69, 9.17) is 0 Å². The highest BCUT2D eigenvalue weighted by atomic mass is 16.3. The van der Waals surface area contributed by atoms with Crippen LogP contribution in [0, 0.1) is 11.8 Å². The highest BCUT2D eigenvalue weighted by molar-refractivity contribution is 5.95. The van der Waals surface area contributed by atoms with Crippen LogP contribution in [0.1, 0.15) is 31.7 Å². The van der Waals surface area contributed by atoms with E-state index in [1.54, 1.807) is 0 Å². The molecule has 1 aliphatic carbocycles. The van der Waals surface area contributed by atoms with E-state index in [0.717, 1.165) is 50.1 Å². The third kappa shape index (κ3) is 3.63. The van der Waals surface area contributed by atoms with Gasteiger partial charge in [0, 0.05) is 31.2 Å². The number of carbonyl (C=O) groups excluding carboxylic acids is 1. The molecule has 0 bridgehead atoms. The molecule has 114 valence electrons. The Morgan fingerprint density at radius 2 is 2.00 bits per heavy atom. The summed E-state index contributed by atoms with van der Waals surface area (Å²) < 4.78 is 0. The summed E-state index contributed by atoms with van der Waals surface area (Å²) >= 11 is 0. The highest BCUT2D eigenvalue weighted by Crippen LogP contribution is 2.38. The van der Waals surface area contributed by atoms with Crippen molar-refractivity contribution in [2.45, 2.75) is 38.8 Å². The molecular weight excluding hydrogens is 264 g/mol. The number of nitrogens with one attached hydrogen (secondary N) is 1. The number of rotatable bonds is 4. The van der Waals surface area contributed by atoms with Crippen molar-refractivity contribution in [3.63, 3.8) is 0 Å². The summed E-state index contributed by atoms with van der Waals surface area (Å²) in [6.07, 6.45) is 2.55. The smallest absolute Gasteiger partial charge is 0.227 e. The largest absolute Gasteiger partial charge is 0.393 e. The van der Waals surface area contributed by atoms with Crippen LogP contribution in [0.5, 0.6) is 0 Å². The van der Waals surface area contributed by atoms with E-state index in [9.17, 15) is 9.90 Å². The maximum absolute atomic E-state index is 12.1. The number of benzene rings is 1. The fourth-order valence-corrected chi connectivity index (χ4v) is 3.01. The van der Waals surface area contributed by atoms with E-state index in [-0.39, 0.29) is 17.9 Å². The number of likely N-dealkylation sites (tertiary alicyclic amines) is 1. The van der Waals surface area contributed by atoms with Crippen LogP contribution in [-0.4, -0.2) is 35.1 Å². The standard InChI is InChI=1S/C17H24N2O2/c1-12-10-15(12)17(21)18-16-5-3-2-4-13(16)11-19-8-6-14(20)7-9-19/h2-5,12,14-15,20H,6-11H2,1H3,(H,18,21). The normalized spacial score (nSPS) is 26.6. The number of amides is 1. The minimum absolute atomic E-state index is 0.146. The van der Waals surface area contributed by atoms with Gasteiger partial charge in [-0.05, 0) is 36.8 Å². The van der Waals surface area contributed by atoms with Gasteiger partial charge in [-0.15, -0.1) is 0 Å². The monoisotopic (exact) mass is 288 g/mol. The molecule has 4 heteroatoms. The first-order valence-corrected chi connectivity index (χ1v) is 7.92. The third-order valence-electron chi connectivity index (χ3n) is 4.67. The minimum atomic E-state index is -0.146. The van der Waals surface area contributed by atoms with Crippen LogP contribution in [0.3, 0.4) is 0 Å². The van der Waals surface area contributed by atoms with Gasteiger partial charge in [-0.2, -0.15) is 0 Å². The molecule has 1 aliphatic heterocycles. The van der Waals surface area contributed by atoms with Crippen LogP contribution in [0.2, 0.25) is 0 Å². The highest BCUT2D eigenvalue weighted by Gasteiger charge is 2.39. The van der Waals surface area contributed by atoms with Crippen molar-refractivity contribution in [2.24, 2.45) is 11.8 Å². The van der Waals surface area contributed by atoms with Crippen molar-refractivity contribution in [3.05, 3.63) is 29.8 Å². The van der Waals surface area contributed by atoms with Crippen LogP contribution in [0.4, 0.5) is 5.69 Å². The molecule has 2 atom stereocenters. The molecule has 2 N–H and O–H groups in total. The van der Waals surface area contributed by atoms with Crippen molar-refractivity contribution in [1.29, 1.82) is 0 Å². The summed E-state index contributed by atoms with van der Waals surface area (Å²) in [4.78, 5) is 14.5. The van der Waals surface area contributed by atoms with Crippen LogP contribution < -0.4 is 5.32 Å². The molecule has 1 aromatic carbocycles. The Hall–Kier alpha value is -1.39. The number of hydrogen-bond donors (Lipinski definition) is 2. The average Bonchev–Trinajstić information content (AvgIpc) is 3.21. The first-order chi connectivity index (χ1) is 10.1. The predicted octanol–water partition coefficient (Wildman–Crippen LogP) is 2.24. The number of aliphatic hydroxyl groups excluding tert-OH is 1. The first kappa shape index (κ1) is 14.5. The lowest BCUT2D eigenvalue weighted by Crippen LogP contribution is -2.35. The molecule has 0 radical (unpaired) electrons. The number of para-hydroxylation sites is 1. The molecule has 0 aromatic heterocycles. The summed E-state index contributed by atoms with van der Waals surface area (Å²) in [5.74, 6) is 0.882.